The minimum atomic E-state index is -0.304. The zero-order chi connectivity index (χ0) is 12.3. The number of hydrogen-bond donors (Lipinski definition) is 1. The van der Waals surface area contributed by atoms with Gasteiger partial charge in [-0.25, -0.2) is 4.39 Å². The number of pyridine rings is 1. The first kappa shape index (κ1) is 12.7. The molecule has 1 atom stereocenters. The van der Waals surface area contributed by atoms with Crippen molar-refractivity contribution in [3.63, 3.8) is 0 Å². The number of thiophene rings is 1. The van der Waals surface area contributed by atoms with Crippen LogP contribution in [0.15, 0.2) is 34.2 Å². The van der Waals surface area contributed by atoms with E-state index in [4.69, 9.17) is 0 Å². The lowest BCUT2D eigenvalue weighted by atomic mass is 10.2. The van der Waals surface area contributed by atoms with Crippen LogP contribution in [-0.2, 0) is 6.54 Å². The number of aromatic nitrogens is 1. The Labute approximate surface area is 112 Å². The molecule has 0 aliphatic carbocycles. The Bertz CT molecular complexity index is 484. The van der Waals surface area contributed by atoms with E-state index in [9.17, 15) is 4.39 Å². The second-order valence-corrected chi connectivity index (χ2v) is 5.55. The molecule has 2 aromatic heterocycles. The number of halogens is 2. The molecule has 1 N–H and O–H groups in total. The molecule has 17 heavy (non-hydrogen) atoms. The van der Waals surface area contributed by atoms with Gasteiger partial charge in [0.15, 0.2) is 0 Å². The summed E-state index contributed by atoms with van der Waals surface area (Å²) in [6.07, 6.45) is 1.24. The van der Waals surface area contributed by atoms with Crippen molar-refractivity contribution in [3.8, 4) is 0 Å². The number of hydrogen-bond acceptors (Lipinski definition) is 3. The van der Waals surface area contributed by atoms with Gasteiger partial charge in [-0.3, -0.25) is 4.98 Å². The Balaban J connectivity index is 1.95. The highest BCUT2D eigenvalue weighted by Crippen LogP contribution is 2.23. The standard InChI is InChI=1S/C12H12BrFN2S/c1-8(11-3-2-9(14)6-16-11)15-7-12-10(13)4-5-17-12/h2-6,8,15H,7H2,1H3. The van der Waals surface area contributed by atoms with Crippen molar-refractivity contribution in [2.75, 3.05) is 0 Å². The van der Waals surface area contributed by atoms with Gasteiger partial charge in [-0.15, -0.1) is 11.3 Å². The van der Waals surface area contributed by atoms with E-state index < -0.39 is 0 Å². The lowest BCUT2D eigenvalue weighted by molar-refractivity contribution is 0.557. The molecule has 2 aromatic rings. The fourth-order valence-electron chi connectivity index (χ4n) is 1.44. The van der Waals surface area contributed by atoms with Gasteiger partial charge in [-0.2, -0.15) is 0 Å². The molecule has 1 unspecified atom stereocenters. The van der Waals surface area contributed by atoms with Crippen LogP contribution >= 0.6 is 27.3 Å². The normalized spacial score (nSPS) is 12.6. The van der Waals surface area contributed by atoms with Crippen LogP contribution in [0.1, 0.15) is 23.5 Å². The molecule has 0 amide bonds. The topological polar surface area (TPSA) is 24.9 Å². The van der Waals surface area contributed by atoms with E-state index in [1.54, 1.807) is 17.4 Å². The fraction of sp³-hybridized carbons (Fsp3) is 0.250. The predicted molar refractivity (Wildman–Crippen MR) is 71.5 cm³/mol. The van der Waals surface area contributed by atoms with Crippen LogP contribution in [0.2, 0.25) is 0 Å². The van der Waals surface area contributed by atoms with Crippen LogP contribution in [-0.4, -0.2) is 4.98 Å². The summed E-state index contributed by atoms with van der Waals surface area (Å²) in [4.78, 5) is 5.30. The second-order valence-electron chi connectivity index (χ2n) is 3.70. The van der Waals surface area contributed by atoms with Crippen LogP contribution in [0.25, 0.3) is 0 Å². The molecule has 5 heteroatoms. The molecule has 0 bridgehead atoms. The number of nitrogens with one attached hydrogen (secondary N) is 1. The summed E-state index contributed by atoms with van der Waals surface area (Å²) in [5.74, 6) is -0.304. The molecule has 0 aliphatic heterocycles. The summed E-state index contributed by atoms with van der Waals surface area (Å²) in [5, 5.41) is 5.40. The lowest BCUT2D eigenvalue weighted by Crippen LogP contribution is -2.18. The summed E-state index contributed by atoms with van der Waals surface area (Å²) in [6.45, 7) is 2.79. The molecule has 0 aromatic carbocycles. The quantitative estimate of drug-likeness (QED) is 0.926. The maximum atomic E-state index is 12.7. The third kappa shape index (κ3) is 3.34. The first-order chi connectivity index (χ1) is 8.16. The fourth-order valence-corrected chi connectivity index (χ4v) is 2.89. The smallest absolute Gasteiger partial charge is 0.141 e. The zero-order valence-electron chi connectivity index (χ0n) is 9.28. The molecule has 0 aliphatic rings. The molecule has 90 valence electrons. The predicted octanol–water partition coefficient (Wildman–Crippen LogP) is 3.90. The third-order valence-corrected chi connectivity index (χ3v) is 4.38. The van der Waals surface area contributed by atoms with Crippen molar-refractivity contribution < 1.29 is 4.39 Å². The van der Waals surface area contributed by atoms with E-state index in [1.165, 1.54) is 17.1 Å². The highest BCUT2D eigenvalue weighted by Gasteiger charge is 2.08. The first-order valence-corrected chi connectivity index (χ1v) is 6.91. The van der Waals surface area contributed by atoms with Gasteiger partial charge in [-0.1, -0.05) is 0 Å². The maximum absolute atomic E-state index is 12.7. The molecule has 0 saturated carbocycles. The Morgan fingerprint density at radius 1 is 1.47 bits per heavy atom. The number of nitrogens with zero attached hydrogens (tertiary/aromatic N) is 1. The Morgan fingerprint density at radius 3 is 2.88 bits per heavy atom. The van der Waals surface area contributed by atoms with E-state index in [0.29, 0.717) is 0 Å². The second kappa shape index (κ2) is 5.71. The van der Waals surface area contributed by atoms with Crippen LogP contribution in [0, 0.1) is 5.82 Å². The molecule has 0 radical (unpaired) electrons. The summed E-state index contributed by atoms with van der Waals surface area (Å²) in [7, 11) is 0. The van der Waals surface area contributed by atoms with Crippen molar-refractivity contribution in [2.24, 2.45) is 0 Å². The van der Waals surface area contributed by atoms with E-state index >= 15 is 0 Å². The average Bonchev–Trinajstić information content (AvgIpc) is 2.73. The van der Waals surface area contributed by atoms with E-state index in [-0.39, 0.29) is 11.9 Å². The highest BCUT2D eigenvalue weighted by molar-refractivity contribution is 9.10. The molecule has 2 rings (SSSR count). The van der Waals surface area contributed by atoms with Gasteiger partial charge in [-0.05, 0) is 46.4 Å². The Kier molecular flexibility index (Phi) is 4.25. The molecule has 2 heterocycles. The molecular formula is C12H12BrFN2S. The van der Waals surface area contributed by atoms with Gasteiger partial charge in [0.25, 0.3) is 0 Å². The molecule has 0 saturated heterocycles. The van der Waals surface area contributed by atoms with E-state index in [0.717, 1.165) is 16.7 Å². The zero-order valence-corrected chi connectivity index (χ0v) is 11.7. The average molecular weight is 315 g/mol. The van der Waals surface area contributed by atoms with Gasteiger partial charge < -0.3 is 5.32 Å². The summed E-state index contributed by atoms with van der Waals surface area (Å²) < 4.78 is 13.8. The van der Waals surface area contributed by atoms with Crippen LogP contribution < -0.4 is 5.32 Å². The summed E-state index contributed by atoms with van der Waals surface area (Å²) in [5.41, 5.74) is 0.846. The van der Waals surface area contributed by atoms with Crippen molar-refractivity contribution in [2.45, 2.75) is 19.5 Å². The lowest BCUT2D eigenvalue weighted by Gasteiger charge is -2.12. The van der Waals surface area contributed by atoms with Crippen molar-refractivity contribution in [3.05, 3.63) is 50.6 Å². The molecule has 0 spiro atoms. The van der Waals surface area contributed by atoms with Crippen LogP contribution in [0.4, 0.5) is 4.39 Å². The van der Waals surface area contributed by atoms with Gasteiger partial charge in [0.2, 0.25) is 0 Å². The van der Waals surface area contributed by atoms with E-state index in [2.05, 4.69) is 26.2 Å². The largest absolute Gasteiger partial charge is 0.304 e. The molecule has 0 fully saturated rings. The van der Waals surface area contributed by atoms with Crippen molar-refractivity contribution in [1.29, 1.82) is 0 Å². The minimum Gasteiger partial charge on any atom is -0.304 e. The van der Waals surface area contributed by atoms with Crippen LogP contribution in [0.3, 0.4) is 0 Å². The monoisotopic (exact) mass is 314 g/mol. The van der Waals surface area contributed by atoms with Gasteiger partial charge in [0, 0.05) is 21.9 Å². The van der Waals surface area contributed by atoms with Crippen molar-refractivity contribution in [1.82, 2.24) is 10.3 Å². The minimum absolute atomic E-state index is 0.101. The maximum Gasteiger partial charge on any atom is 0.141 e. The van der Waals surface area contributed by atoms with Gasteiger partial charge in [0.1, 0.15) is 5.82 Å². The van der Waals surface area contributed by atoms with Gasteiger partial charge >= 0.3 is 0 Å². The summed E-state index contributed by atoms with van der Waals surface area (Å²) >= 11 is 5.19. The third-order valence-electron chi connectivity index (χ3n) is 2.45. The number of rotatable bonds is 4. The van der Waals surface area contributed by atoms with Crippen LogP contribution in [0.5, 0.6) is 0 Å². The van der Waals surface area contributed by atoms with Crippen molar-refractivity contribution >= 4 is 27.3 Å². The highest BCUT2D eigenvalue weighted by atomic mass is 79.9. The Hall–Kier alpha value is -0.780. The Morgan fingerprint density at radius 2 is 2.29 bits per heavy atom. The summed E-state index contributed by atoms with van der Waals surface area (Å²) in [6, 6.07) is 5.27. The van der Waals surface area contributed by atoms with E-state index in [1.807, 2.05) is 18.4 Å². The SMILES string of the molecule is CC(NCc1sccc1Br)c1ccc(F)cn1. The van der Waals surface area contributed by atoms with Gasteiger partial charge in [0.05, 0.1) is 11.9 Å². The molecular weight excluding hydrogens is 303 g/mol. The first-order valence-electron chi connectivity index (χ1n) is 5.23. The molecule has 2 nitrogen and oxygen atoms in total.